The topological polar surface area (TPSA) is 197 Å². The lowest BCUT2D eigenvalue weighted by Crippen LogP contribution is -2.65. The smallest absolute Gasteiger partial charge is 0.187 e. The van der Waals surface area contributed by atoms with Gasteiger partial charge >= 0.3 is 0 Å². The van der Waals surface area contributed by atoms with Crippen molar-refractivity contribution >= 4 is 0 Å². The average Bonchev–Trinajstić information content (AvgIpc) is 3.58. The Morgan fingerprint density at radius 1 is 0.673 bits per heavy atom. The maximum atomic E-state index is 11.1. The van der Waals surface area contributed by atoms with Crippen molar-refractivity contribution < 1.29 is 64.2 Å². The molecule has 7 N–H and O–H groups in total. The molecule has 298 valence electrons. The van der Waals surface area contributed by atoms with E-state index in [4.69, 9.17) is 28.4 Å². The van der Waals surface area contributed by atoms with E-state index in [1.807, 2.05) is 0 Å². The zero-order valence-corrected chi connectivity index (χ0v) is 31.2. The van der Waals surface area contributed by atoms with E-state index >= 15 is 0 Å². The first-order chi connectivity index (χ1) is 24.7. The number of hydrogen-bond acceptors (Lipinski definition) is 13. The molecule has 8 aliphatic rings. The predicted molar refractivity (Wildman–Crippen MR) is 183 cm³/mol. The van der Waals surface area contributed by atoms with Crippen LogP contribution in [0.25, 0.3) is 0 Å². The highest BCUT2D eigenvalue weighted by atomic mass is 16.8. The second-order valence-electron chi connectivity index (χ2n) is 18.7. The van der Waals surface area contributed by atoms with Crippen LogP contribution < -0.4 is 0 Å². The molecule has 0 aromatic carbocycles. The Morgan fingerprint density at radius 3 is 2.06 bits per heavy atom. The van der Waals surface area contributed by atoms with Gasteiger partial charge in [0.2, 0.25) is 0 Å². The molecule has 52 heavy (non-hydrogen) atoms. The molecule has 13 heteroatoms. The summed E-state index contributed by atoms with van der Waals surface area (Å²) < 4.78 is 37.5. The number of aliphatic hydroxyl groups excluding tert-OH is 7. The Hall–Kier alpha value is -0.520. The van der Waals surface area contributed by atoms with E-state index < -0.39 is 80.4 Å². The molecule has 4 aliphatic carbocycles. The molecule has 1 unspecified atom stereocenters. The first kappa shape index (κ1) is 38.4. The quantitative estimate of drug-likeness (QED) is 0.194. The molecule has 0 amide bonds. The maximum Gasteiger partial charge on any atom is 0.187 e. The minimum absolute atomic E-state index is 0.168. The fourth-order valence-electron chi connectivity index (χ4n) is 13.2. The summed E-state index contributed by atoms with van der Waals surface area (Å²) in [5, 5.41) is 72.7. The summed E-state index contributed by atoms with van der Waals surface area (Å²) in [5.74, 6) is 3.51. The third kappa shape index (κ3) is 5.98. The van der Waals surface area contributed by atoms with Crippen molar-refractivity contribution in [3.63, 3.8) is 0 Å². The van der Waals surface area contributed by atoms with Crippen LogP contribution in [0.1, 0.15) is 91.9 Å². The second kappa shape index (κ2) is 14.1. The lowest BCUT2D eigenvalue weighted by atomic mass is 9.44. The summed E-state index contributed by atoms with van der Waals surface area (Å²) in [7, 11) is 0. The molecule has 1 spiro atoms. The maximum absolute atomic E-state index is 11.1. The van der Waals surface area contributed by atoms with Gasteiger partial charge in [0.1, 0.15) is 48.8 Å². The largest absolute Gasteiger partial charge is 0.394 e. The van der Waals surface area contributed by atoms with Gasteiger partial charge in [0, 0.05) is 12.3 Å². The highest BCUT2D eigenvalue weighted by molar-refractivity contribution is 5.15. The minimum atomic E-state index is -1.71. The molecule has 22 atom stereocenters. The van der Waals surface area contributed by atoms with Crippen molar-refractivity contribution in [3.05, 3.63) is 0 Å². The van der Waals surface area contributed by atoms with Crippen molar-refractivity contribution in [1.29, 1.82) is 0 Å². The molecule has 4 saturated carbocycles. The minimum Gasteiger partial charge on any atom is -0.394 e. The molecule has 8 fully saturated rings. The van der Waals surface area contributed by atoms with Gasteiger partial charge in [-0.2, -0.15) is 0 Å². The normalized spacial score (nSPS) is 59.0. The van der Waals surface area contributed by atoms with E-state index in [1.165, 1.54) is 25.7 Å². The summed E-state index contributed by atoms with van der Waals surface area (Å²) in [6.07, 6.45) is -3.88. The van der Waals surface area contributed by atoms with Crippen LogP contribution in [-0.2, 0) is 28.4 Å². The average molecular weight is 741 g/mol. The third-order valence-electron chi connectivity index (χ3n) is 16.2. The first-order valence-corrected chi connectivity index (χ1v) is 20.3. The molecular formula is C39H64O13. The van der Waals surface area contributed by atoms with Crippen LogP contribution in [0.4, 0.5) is 0 Å². The van der Waals surface area contributed by atoms with E-state index in [9.17, 15) is 35.7 Å². The summed E-state index contributed by atoms with van der Waals surface area (Å²) in [4.78, 5) is 0. The van der Waals surface area contributed by atoms with E-state index in [-0.39, 0.29) is 23.0 Å². The SMILES string of the molecule is C[C@H]1CC[C@@]2(OC1)O[C@H]1C[C@H]3[C@@H]4CCC5C[C@@H](O[C@@H]6O[C@H](CO)[C@H](O)[C@H](O)[C@H]6O[C@@H]6O[C@H](CO)[C@@H](O)[C@H](O)[C@H]6O)CC[C@]5(C)[C@H]4CC[C@]3(C)[C@H]1[C@@H]2C. The van der Waals surface area contributed by atoms with Gasteiger partial charge in [0.25, 0.3) is 0 Å². The third-order valence-corrected chi connectivity index (χ3v) is 16.2. The van der Waals surface area contributed by atoms with Gasteiger partial charge < -0.3 is 64.2 Å². The van der Waals surface area contributed by atoms with Gasteiger partial charge in [-0.15, -0.1) is 0 Å². The van der Waals surface area contributed by atoms with Crippen molar-refractivity contribution in [2.45, 2.75) is 171 Å². The molecule has 4 aliphatic heterocycles. The summed E-state index contributed by atoms with van der Waals surface area (Å²) in [5.41, 5.74) is 0.425. The van der Waals surface area contributed by atoms with Crippen molar-refractivity contribution in [2.75, 3.05) is 19.8 Å². The van der Waals surface area contributed by atoms with Gasteiger partial charge in [0.05, 0.1) is 32.0 Å². The van der Waals surface area contributed by atoms with E-state index in [2.05, 4.69) is 27.7 Å². The second-order valence-corrected chi connectivity index (χ2v) is 18.7. The highest BCUT2D eigenvalue weighted by Gasteiger charge is 2.69. The summed E-state index contributed by atoms with van der Waals surface area (Å²) >= 11 is 0. The van der Waals surface area contributed by atoms with E-state index in [0.717, 1.165) is 45.1 Å². The molecule has 4 heterocycles. The van der Waals surface area contributed by atoms with Crippen LogP contribution in [0.15, 0.2) is 0 Å². The summed E-state index contributed by atoms with van der Waals surface area (Å²) in [6, 6.07) is 0. The molecule has 0 bridgehead atoms. The van der Waals surface area contributed by atoms with Crippen LogP contribution in [0, 0.1) is 52.3 Å². The van der Waals surface area contributed by atoms with Crippen LogP contribution in [-0.4, -0.2) is 135 Å². The Kier molecular flexibility index (Phi) is 10.4. The van der Waals surface area contributed by atoms with Gasteiger partial charge in [-0.1, -0.05) is 27.7 Å². The lowest BCUT2D eigenvalue weighted by Gasteiger charge is -2.61. The fraction of sp³-hybridized carbons (Fsp3) is 1.00. The predicted octanol–water partition coefficient (Wildman–Crippen LogP) is 1.44. The molecule has 8 rings (SSSR count). The highest BCUT2D eigenvalue weighted by Crippen LogP contribution is 2.71. The fourth-order valence-corrected chi connectivity index (χ4v) is 13.2. The van der Waals surface area contributed by atoms with Gasteiger partial charge in [0.15, 0.2) is 18.4 Å². The van der Waals surface area contributed by atoms with Gasteiger partial charge in [-0.25, -0.2) is 0 Å². The number of ether oxygens (including phenoxy) is 6. The van der Waals surface area contributed by atoms with E-state index in [1.54, 1.807) is 0 Å². The number of fused-ring (bicyclic) bond motifs is 7. The molecule has 4 saturated heterocycles. The Bertz CT molecular complexity index is 1260. The monoisotopic (exact) mass is 740 g/mol. The van der Waals surface area contributed by atoms with Crippen LogP contribution >= 0.6 is 0 Å². The first-order valence-electron chi connectivity index (χ1n) is 20.3. The molecular weight excluding hydrogens is 676 g/mol. The van der Waals surface area contributed by atoms with Crippen molar-refractivity contribution in [1.82, 2.24) is 0 Å². The van der Waals surface area contributed by atoms with Crippen LogP contribution in [0.5, 0.6) is 0 Å². The van der Waals surface area contributed by atoms with Crippen molar-refractivity contribution in [3.8, 4) is 0 Å². The zero-order chi connectivity index (χ0) is 36.9. The summed E-state index contributed by atoms with van der Waals surface area (Å²) in [6.45, 7) is 9.33. The Morgan fingerprint density at radius 2 is 1.37 bits per heavy atom. The Labute approximate surface area is 307 Å². The number of aliphatic hydroxyl groups is 7. The van der Waals surface area contributed by atoms with Gasteiger partial charge in [-0.3, -0.25) is 0 Å². The number of rotatable bonds is 6. The van der Waals surface area contributed by atoms with Gasteiger partial charge in [-0.05, 0) is 104 Å². The van der Waals surface area contributed by atoms with E-state index in [0.29, 0.717) is 41.4 Å². The molecule has 0 radical (unpaired) electrons. The van der Waals surface area contributed by atoms with Crippen LogP contribution in [0.3, 0.4) is 0 Å². The lowest BCUT2D eigenvalue weighted by molar-refractivity contribution is -0.373. The van der Waals surface area contributed by atoms with Crippen molar-refractivity contribution in [2.24, 2.45) is 52.3 Å². The standard InChI is InChI=1S/C39H64O13/c1-18-7-12-39(47-17-18)19(2)28-25(52-39)14-24-22-6-5-20-13-21(8-10-37(20,3)23(22)9-11-38(24,28)4)48-36-34(32(45)30(43)27(16-41)50-36)51-35-33(46)31(44)29(42)26(15-40)49-35/h18-36,40-46H,5-17H2,1-4H3/t18-,19-,20?,21-,22+,23-,24-,25-,26+,27+,28-,29+,30-,31-,32-,33+,34+,35-,36+,37-,38-,39+/m0/s1. The van der Waals surface area contributed by atoms with Crippen LogP contribution in [0.2, 0.25) is 0 Å². The molecule has 13 nitrogen and oxygen atoms in total. The molecule has 0 aromatic rings. The Balaban J connectivity index is 0.942. The number of hydrogen-bond donors (Lipinski definition) is 7. The zero-order valence-electron chi connectivity index (χ0n) is 31.2. The molecule has 0 aromatic heterocycles.